The quantitative estimate of drug-likeness (QED) is 0.713. The lowest BCUT2D eigenvalue weighted by molar-refractivity contribution is -0.136. The van der Waals surface area contributed by atoms with Crippen molar-refractivity contribution in [3.05, 3.63) is 0 Å². The molecule has 0 aromatic rings. The summed E-state index contributed by atoms with van der Waals surface area (Å²) in [6, 6.07) is 0.0847. The fraction of sp³-hybridized carbons (Fsp3) is 0.900. The van der Waals surface area contributed by atoms with Crippen molar-refractivity contribution in [3.63, 3.8) is 0 Å². The molecule has 1 fully saturated rings. The highest BCUT2D eigenvalue weighted by atomic mass is 16.3. The highest BCUT2D eigenvalue weighted by Crippen LogP contribution is 2.20. The van der Waals surface area contributed by atoms with Crippen molar-refractivity contribution >= 4 is 5.91 Å². The van der Waals surface area contributed by atoms with Crippen molar-refractivity contribution in [2.45, 2.75) is 39.2 Å². The lowest BCUT2D eigenvalue weighted by Crippen LogP contribution is -2.40. The number of aliphatic hydroxyl groups excluding tert-OH is 1. The summed E-state index contributed by atoms with van der Waals surface area (Å²) >= 11 is 0. The maximum atomic E-state index is 11.8. The standard InChI is InChI=1S/C10H19NO2/c1-3-8(2)10(13)11-6-4-5-9(11)7-12/h8-9,12H,3-7H2,1-2H3. The molecule has 13 heavy (non-hydrogen) atoms. The van der Waals surface area contributed by atoms with Gasteiger partial charge in [0, 0.05) is 12.5 Å². The van der Waals surface area contributed by atoms with Gasteiger partial charge in [0.15, 0.2) is 0 Å². The van der Waals surface area contributed by atoms with Crippen LogP contribution in [0.4, 0.5) is 0 Å². The Labute approximate surface area is 79.7 Å². The van der Waals surface area contributed by atoms with Crippen molar-refractivity contribution in [1.82, 2.24) is 4.90 Å². The zero-order chi connectivity index (χ0) is 9.84. The molecule has 1 aliphatic rings. The lowest BCUT2D eigenvalue weighted by Gasteiger charge is -2.25. The number of rotatable bonds is 3. The Morgan fingerprint density at radius 3 is 2.92 bits per heavy atom. The SMILES string of the molecule is CCC(C)C(=O)N1CCCC1CO. The van der Waals surface area contributed by atoms with Gasteiger partial charge < -0.3 is 10.0 Å². The van der Waals surface area contributed by atoms with Gasteiger partial charge in [-0.3, -0.25) is 4.79 Å². The van der Waals surface area contributed by atoms with Crippen LogP contribution in [0.3, 0.4) is 0 Å². The second kappa shape index (κ2) is 4.61. The molecule has 1 aliphatic heterocycles. The van der Waals surface area contributed by atoms with Crippen LogP contribution in [0.1, 0.15) is 33.1 Å². The third-order valence-electron chi connectivity index (χ3n) is 2.90. The summed E-state index contributed by atoms with van der Waals surface area (Å²) in [7, 11) is 0. The largest absolute Gasteiger partial charge is 0.394 e. The average molecular weight is 185 g/mol. The molecule has 0 saturated carbocycles. The van der Waals surface area contributed by atoms with E-state index in [-0.39, 0.29) is 24.5 Å². The summed E-state index contributed by atoms with van der Waals surface area (Å²) in [5.41, 5.74) is 0. The zero-order valence-electron chi connectivity index (χ0n) is 8.49. The first-order valence-corrected chi connectivity index (χ1v) is 5.12. The molecule has 1 amide bonds. The van der Waals surface area contributed by atoms with E-state index in [1.54, 1.807) is 0 Å². The van der Waals surface area contributed by atoms with E-state index >= 15 is 0 Å². The first-order chi connectivity index (χ1) is 6.20. The van der Waals surface area contributed by atoms with Crippen LogP contribution in [-0.4, -0.2) is 35.1 Å². The maximum absolute atomic E-state index is 11.8. The first kappa shape index (κ1) is 10.5. The zero-order valence-corrected chi connectivity index (χ0v) is 8.49. The van der Waals surface area contributed by atoms with Crippen LogP contribution >= 0.6 is 0 Å². The fourth-order valence-electron chi connectivity index (χ4n) is 1.77. The van der Waals surface area contributed by atoms with Crippen molar-refractivity contribution < 1.29 is 9.90 Å². The van der Waals surface area contributed by atoms with E-state index in [0.717, 1.165) is 25.8 Å². The minimum Gasteiger partial charge on any atom is -0.394 e. The lowest BCUT2D eigenvalue weighted by atomic mass is 10.1. The summed E-state index contributed by atoms with van der Waals surface area (Å²) in [5.74, 6) is 0.311. The number of amides is 1. The Morgan fingerprint density at radius 2 is 2.38 bits per heavy atom. The number of nitrogens with zero attached hydrogens (tertiary/aromatic N) is 1. The Kier molecular flexibility index (Phi) is 3.72. The van der Waals surface area contributed by atoms with Crippen LogP contribution in [0.25, 0.3) is 0 Å². The van der Waals surface area contributed by atoms with Crippen molar-refractivity contribution in [2.75, 3.05) is 13.2 Å². The van der Waals surface area contributed by atoms with Gasteiger partial charge in [-0.2, -0.15) is 0 Å². The average Bonchev–Trinajstić information content (AvgIpc) is 2.62. The molecule has 76 valence electrons. The van der Waals surface area contributed by atoms with E-state index in [1.165, 1.54) is 0 Å². The number of carbonyl (C=O) groups excluding carboxylic acids is 1. The normalized spacial score (nSPS) is 24.8. The smallest absolute Gasteiger partial charge is 0.225 e. The summed E-state index contributed by atoms with van der Waals surface area (Å²) in [6.45, 7) is 4.91. The summed E-state index contributed by atoms with van der Waals surface area (Å²) in [5, 5.41) is 9.05. The van der Waals surface area contributed by atoms with E-state index in [0.29, 0.717) is 0 Å². The molecule has 3 heteroatoms. The molecule has 2 atom stereocenters. The molecule has 3 nitrogen and oxygen atoms in total. The van der Waals surface area contributed by atoms with Gasteiger partial charge in [0.2, 0.25) is 5.91 Å². The van der Waals surface area contributed by atoms with E-state index in [9.17, 15) is 4.79 Å². The Hall–Kier alpha value is -0.570. The van der Waals surface area contributed by atoms with Crippen LogP contribution in [0, 0.1) is 5.92 Å². The summed E-state index contributed by atoms with van der Waals surface area (Å²) in [4.78, 5) is 13.6. The number of hydrogen-bond acceptors (Lipinski definition) is 2. The van der Waals surface area contributed by atoms with Gasteiger partial charge in [0.25, 0.3) is 0 Å². The minimum atomic E-state index is 0.0847. The molecular formula is C10H19NO2. The Balaban J connectivity index is 2.54. The molecule has 0 spiro atoms. The predicted octanol–water partition coefficient (Wildman–Crippen LogP) is 1.02. The molecule has 0 aromatic carbocycles. The van der Waals surface area contributed by atoms with E-state index in [1.807, 2.05) is 18.7 Å². The van der Waals surface area contributed by atoms with E-state index in [4.69, 9.17) is 5.11 Å². The van der Waals surface area contributed by atoms with Gasteiger partial charge in [-0.15, -0.1) is 0 Å². The van der Waals surface area contributed by atoms with Crippen LogP contribution in [0.15, 0.2) is 0 Å². The van der Waals surface area contributed by atoms with Crippen LogP contribution in [-0.2, 0) is 4.79 Å². The van der Waals surface area contributed by atoms with Crippen LogP contribution in [0.2, 0.25) is 0 Å². The molecule has 0 aromatic heterocycles. The maximum Gasteiger partial charge on any atom is 0.225 e. The van der Waals surface area contributed by atoms with Gasteiger partial charge in [-0.1, -0.05) is 13.8 Å². The number of carbonyl (C=O) groups is 1. The van der Waals surface area contributed by atoms with Gasteiger partial charge in [0.05, 0.1) is 12.6 Å². The topological polar surface area (TPSA) is 40.5 Å². The number of aliphatic hydroxyl groups is 1. The summed E-state index contributed by atoms with van der Waals surface area (Å²) < 4.78 is 0. The van der Waals surface area contributed by atoms with Gasteiger partial charge >= 0.3 is 0 Å². The molecule has 1 rings (SSSR count). The predicted molar refractivity (Wildman–Crippen MR) is 51.3 cm³/mol. The third-order valence-corrected chi connectivity index (χ3v) is 2.90. The van der Waals surface area contributed by atoms with Crippen molar-refractivity contribution in [2.24, 2.45) is 5.92 Å². The molecule has 0 bridgehead atoms. The van der Waals surface area contributed by atoms with Gasteiger partial charge in [-0.05, 0) is 19.3 Å². The molecule has 0 radical (unpaired) electrons. The third kappa shape index (κ3) is 2.21. The molecule has 1 N–H and O–H groups in total. The number of likely N-dealkylation sites (tertiary alicyclic amines) is 1. The Bertz CT molecular complexity index is 182. The minimum absolute atomic E-state index is 0.0847. The molecule has 0 aliphatic carbocycles. The van der Waals surface area contributed by atoms with Crippen molar-refractivity contribution in [3.8, 4) is 0 Å². The first-order valence-electron chi connectivity index (χ1n) is 5.12. The molecule has 1 heterocycles. The number of hydrogen-bond donors (Lipinski definition) is 1. The van der Waals surface area contributed by atoms with Gasteiger partial charge in [0.1, 0.15) is 0 Å². The summed E-state index contributed by atoms with van der Waals surface area (Å²) in [6.07, 6.45) is 2.87. The Morgan fingerprint density at radius 1 is 1.69 bits per heavy atom. The second-order valence-corrected chi connectivity index (χ2v) is 3.82. The fourth-order valence-corrected chi connectivity index (χ4v) is 1.77. The van der Waals surface area contributed by atoms with E-state index in [2.05, 4.69) is 0 Å². The monoisotopic (exact) mass is 185 g/mol. The highest BCUT2D eigenvalue weighted by Gasteiger charge is 2.29. The molecular weight excluding hydrogens is 166 g/mol. The van der Waals surface area contributed by atoms with Crippen LogP contribution in [0.5, 0.6) is 0 Å². The van der Waals surface area contributed by atoms with E-state index < -0.39 is 0 Å². The second-order valence-electron chi connectivity index (χ2n) is 3.82. The van der Waals surface area contributed by atoms with Gasteiger partial charge in [-0.25, -0.2) is 0 Å². The van der Waals surface area contributed by atoms with Crippen LogP contribution < -0.4 is 0 Å². The molecule has 2 unspecified atom stereocenters. The van der Waals surface area contributed by atoms with Crippen molar-refractivity contribution in [1.29, 1.82) is 0 Å². The highest BCUT2D eigenvalue weighted by molar-refractivity contribution is 5.79. The molecule has 1 saturated heterocycles.